The fourth-order valence-electron chi connectivity index (χ4n) is 1.79. The summed E-state index contributed by atoms with van der Waals surface area (Å²) in [6, 6.07) is 4.91. The fraction of sp³-hybridized carbons (Fsp3) is 0.385. The van der Waals surface area contributed by atoms with Crippen molar-refractivity contribution in [2.24, 2.45) is 5.73 Å². The van der Waals surface area contributed by atoms with E-state index >= 15 is 0 Å². The maximum atomic E-state index is 11.6. The number of anilines is 2. The minimum atomic E-state index is -0.508. The highest BCUT2D eigenvalue weighted by molar-refractivity contribution is 5.99. The number of halogens is 1. The number of benzene rings is 1. The largest absolute Gasteiger partial charge is 0.479 e. The lowest BCUT2D eigenvalue weighted by Gasteiger charge is -2.23. The van der Waals surface area contributed by atoms with Gasteiger partial charge in [-0.05, 0) is 32.0 Å². The number of nitrogens with one attached hydrogen (secondary N) is 2. The smallest absolute Gasteiger partial charge is 0.265 e. The van der Waals surface area contributed by atoms with E-state index in [1.165, 1.54) is 0 Å². The number of ether oxygens (including phenoxy) is 1. The summed E-state index contributed by atoms with van der Waals surface area (Å²) in [4.78, 5) is 23.1. The summed E-state index contributed by atoms with van der Waals surface area (Å²) in [5.74, 6) is 0.232. The molecule has 0 aliphatic carbocycles. The highest BCUT2D eigenvalue weighted by atomic mass is 35.5. The standard InChI is InChI=1S/C13H17N3O3.ClH/c1-7(14)5-12(17)15-9-3-4-11-10(6-9)16-13(18)8(2)19-11;/h3-4,6-8H,5,14H2,1-2H3,(H,15,17)(H,16,18);1H. The molecule has 0 spiro atoms. The zero-order valence-electron chi connectivity index (χ0n) is 11.3. The van der Waals surface area contributed by atoms with E-state index < -0.39 is 6.10 Å². The Morgan fingerprint density at radius 2 is 2.25 bits per heavy atom. The number of amides is 2. The molecule has 0 saturated carbocycles. The van der Waals surface area contributed by atoms with E-state index in [9.17, 15) is 9.59 Å². The van der Waals surface area contributed by atoms with Crippen LogP contribution in [0.15, 0.2) is 18.2 Å². The summed E-state index contributed by atoms with van der Waals surface area (Å²) in [6.45, 7) is 3.44. The molecule has 0 fully saturated rings. The molecule has 1 aliphatic heterocycles. The molecule has 1 aromatic rings. The van der Waals surface area contributed by atoms with Crippen molar-refractivity contribution in [3.63, 3.8) is 0 Å². The first-order valence-electron chi connectivity index (χ1n) is 6.12. The van der Waals surface area contributed by atoms with Gasteiger partial charge in [0.05, 0.1) is 5.69 Å². The Balaban J connectivity index is 0.00000200. The lowest BCUT2D eigenvalue weighted by Crippen LogP contribution is -2.34. The van der Waals surface area contributed by atoms with Gasteiger partial charge in [0, 0.05) is 18.2 Å². The fourth-order valence-corrected chi connectivity index (χ4v) is 1.79. The summed E-state index contributed by atoms with van der Waals surface area (Å²) in [5, 5.41) is 5.45. The molecule has 0 bridgehead atoms. The second-order valence-corrected chi connectivity index (χ2v) is 4.69. The molecule has 2 atom stereocenters. The Morgan fingerprint density at radius 1 is 1.55 bits per heavy atom. The molecule has 2 amide bonds. The van der Waals surface area contributed by atoms with Gasteiger partial charge in [-0.2, -0.15) is 0 Å². The molecule has 1 aromatic carbocycles. The average Bonchev–Trinajstić information content (AvgIpc) is 2.30. The van der Waals surface area contributed by atoms with Crippen LogP contribution in [0, 0.1) is 0 Å². The van der Waals surface area contributed by atoms with Gasteiger partial charge in [0.1, 0.15) is 5.75 Å². The molecule has 0 saturated heterocycles. The summed E-state index contributed by atoms with van der Waals surface area (Å²) >= 11 is 0. The minimum Gasteiger partial charge on any atom is -0.479 e. The van der Waals surface area contributed by atoms with Gasteiger partial charge in [-0.3, -0.25) is 9.59 Å². The number of carbonyl (C=O) groups is 2. The average molecular weight is 300 g/mol. The number of hydrogen-bond donors (Lipinski definition) is 3. The molecule has 20 heavy (non-hydrogen) atoms. The van der Waals surface area contributed by atoms with Crippen LogP contribution in [0.4, 0.5) is 11.4 Å². The Labute approximate surface area is 123 Å². The van der Waals surface area contributed by atoms with Crippen molar-refractivity contribution in [3.05, 3.63) is 18.2 Å². The third kappa shape index (κ3) is 3.85. The number of nitrogens with two attached hydrogens (primary N) is 1. The SMILES string of the molecule is CC(N)CC(=O)Nc1ccc2c(c1)NC(=O)C(C)O2.Cl. The van der Waals surface area contributed by atoms with Crippen LogP contribution in [-0.2, 0) is 9.59 Å². The Bertz CT molecular complexity index is 520. The van der Waals surface area contributed by atoms with E-state index in [-0.39, 0.29) is 36.7 Å². The van der Waals surface area contributed by atoms with Crippen LogP contribution >= 0.6 is 12.4 Å². The highest BCUT2D eigenvalue weighted by Gasteiger charge is 2.23. The van der Waals surface area contributed by atoms with Gasteiger partial charge < -0.3 is 21.1 Å². The van der Waals surface area contributed by atoms with Crippen molar-refractivity contribution in [1.82, 2.24) is 0 Å². The first kappa shape index (κ1) is 16.3. The van der Waals surface area contributed by atoms with Crippen molar-refractivity contribution < 1.29 is 14.3 Å². The van der Waals surface area contributed by atoms with E-state index in [0.29, 0.717) is 17.1 Å². The quantitative estimate of drug-likeness (QED) is 0.788. The van der Waals surface area contributed by atoms with Gasteiger partial charge >= 0.3 is 0 Å². The zero-order valence-corrected chi connectivity index (χ0v) is 12.1. The van der Waals surface area contributed by atoms with Gasteiger partial charge in [-0.1, -0.05) is 0 Å². The molecule has 7 heteroatoms. The van der Waals surface area contributed by atoms with Crippen LogP contribution in [0.5, 0.6) is 5.75 Å². The van der Waals surface area contributed by atoms with E-state index in [2.05, 4.69) is 10.6 Å². The van der Waals surface area contributed by atoms with Crippen molar-refractivity contribution in [2.75, 3.05) is 10.6 Å². The molecule has 2 rings (SSSR count). The molecular weight excluding hydrogens is 282 g/mol. The van der Waals surface area contributed by atoms with Crippen molar-refractivity contribution in [3.8, 4) is 5.75 Å². The Morgan fingerprint density at radius 3 is 2.90 bits per heavy atom. The van der Waals surface area contributed by atoms with Crippen LogP contribution in [-0.4, -0.2) is 24.0 Å². The highest BCUT2D eigenvalue weighted by Crippen LogP contribution is 2.32. The first-order valence-corrected chi connectivity index (χ1v) is 6.12. The molecule has 0 aromatic heterocycles. The molecule has 110 valence electrons. The van der Waals surface area contributed by atoms with E-state index in [1.807, 2.05) is 0 Å². The predicted molar refractivity (Wildman–Crippen MR) is 79.3 cm³/mol. The van der Waals surface area contributed by atoms with Gasteiger partial charge in [-0.15, -0.1) is 12.4 Å². The van der Waals surface area contributed by atoms with Crippen molar-refractivity contribution in [1.29, 1.82) is 0 Å². The van der Waals surface area contributed by atoms with Crippen LogP contribution < -0.4 is 21.1 Å². The number of rotatable bonds is 3. The summed E-state index contributed by atoms with van der Waals surface area (Å²) in [7, 11) is 0. The van der Waals surface area contributed by atoms with E-state index in [4.69, 9.17) is 10.5 Å². The number of carbonyl (C=O) groups excluding carboxylic acids is 2. The van der Waals surface area contributed by atoms with Gasteiger partial charge in [0.2, 0.25) is 5.91 Å². The van der Waals surface area contributed by atoms with Crippen LogP contribution in [0.1, 0.15) is 20.3 Å². The normalized spacial score (nSPS) is 17.9. The zero-order chi connectivity index (χ0) is 14.0. The molecule has 1 heterocycles. The third-order valence-electron chi connectivity index (χ3n) is 2.70. The van der Waals surface area contributed by atoms with Crippen molar-refractivity contribution >= 4 is 35.6 Å². The van der Waals surface area contributed by atoms with Crippen molar-refractivity contribution in [2.45, 2.75) is 32.4 Å². The van der Waals surface area contributed by atoms with Gasteiger partial charge in [0.25, 0.3) is 5.91 Å². The number of fused-ring (bicyclic) bond motifs is 1. The van der Waals surface area contributed by atoms with Crippen LogP contribution in [0.2, 0.25) is 0 Å². The second-order valence-electron chi connectivity index (χ2n) is 4.69. The van der Waals surface area contributed by atoms with E-state index in [1.54, 1.807) is 32.0 Å². The molecule has 6 nitrogen and oxygen atoms in total. The van der Waals surface area contributed by atoms with Gasteiger partial charge in [0.15, 0.2) is 6.10 Å². The lowest BCUT2D eigenvalue weighted by molar-refractivity contribution is -0.122. The predicted octanol–water partition coefficient (Wildman–Crippen LogP) is 1.50. The summed E-state index contributed by atoms with van der Waals surface area (Å²) in [6.07, 6.45) is -0.261. The monoisotopic (exact) mass is 299 g/mol. The Hall–Kier alpha value is -1.79. The summed E-state index contributed by atoms with van der Waals surface area (Å²) in [5.41, 5.74) is 6.71. The maximum Gasteiger partial charge on any atom is 0.265 e. The number of hydrogen-bond acceptors (Lipinski definition) is 4. The molecule has 4 N–H and O–H groups in total. The Kier molecular flexibility index (Phi) is 5.35. The lowest BCUT2D eigenvalue weighted by atomic mass is 10.2. The molecular formula is C13H18ClN3O3. The third-order valence-corrected chi connectivity index (χ3v) is 2.70. The molecule has 1 aliphatic rings. The summed E-state index contributed by atoms with van der Waals surface area (Å²) < 4.78 is 5.42. The van der Waals surface area contributed by atoms with Gasteiger partial charge in [-0.25, -0.2) is 0 Å². The topological polar surface area (TPSA) is 93.5 Å². The molecule has 2 unspecified atom stereocenters. The minimum absolute atomic E-state index is 0. The molecule has 0 radical (unpaired) electrons. The second kappa shape index (κ2) is 6.58. The maximum absolute atomic E-state index is 11.6. The van der Waals surface area contributed by atoms with Crippen LogP contribution in [0.3, 0.4) is 0 Å². The van der Waals surface area contributed by atoms with E-state index in [0.717, 1.165) is 0 Å². The first-order chi connectivity index (χ1) is 8.95. The van der Waals surface area contributed by atoms with Crippen LogP contribution in [0.25, 0.3) is 0 Å².